The average Bonchev–Trinajstić information content (AvgIpc) is 3.32. The number of fused-ring (bicyclic) bond motifs is 2. The number of pyridine rings is 1. The van der Waals surface area contributed by atoms with Crippen molar-refractivity contribution in [3.63, 3.8) is 0 Å². The van der Waals surface area contributed by atoms with Gasteiger partial charge in [-0.25, -0.2) is 4.79 Å². The molecule has 0 aliphatic carbocycles. The zero-order valence-corrected chi connectivity index (χ0v) is 25.2. The first-order valence-corrected chi connectivity index (χ1v) is 17.9. The molecule has 0 bridgehead atoms. The Morgan fingerprint density at radius 2 is 1.71 bits per heavy atom. The maximum Gasteiger partial charge on any atom is 0.416 e. The van der Waals surface area contributed by atoms with Gasteiger partial charge in [0.15, 0.2) is 5.69 Å². The lowest BCUT2D eigenvalue weighted by molar-refractivity contribution is -0.137. The van der Waals surface area contributed by atoms with Gasteiger partial charge in [-0.05, 0) is 52.1 Å². The van der Waals surface area contributed by atoms with Crippen molar-refractivity contribution in [2.45, 2.75) is 38.3 Å². The van der Waals surface area contributed by atoms with Gasteiger partial charge in [-0.15, -0.1) is 17.8 Å². The molecule has 0 amide bonds. The largest absolute Gasteiger partial charge is 0.461 e. The number of esters is 1. The molecular formula is C33H28F3NO3SSi. The van der Waals surface area contributed by atoms with Crippen molar-refractivity contribution in [3.05, 3.63) is 110 Å². The second-order valence-corrected chi connectivity index (χ2v) is 17.9. The fourth-order valence-electron chi connectivity index (χ4n) is 4.94. The number of aromatic nitrogens is 1. The van der Waals surface area contributed by atoms with Gasteiger partial charge in [-0.3, -0.25) is 9.20 Å². The molecule has 9 heteroatoms. The number of hydrogen-bond acceptors (Lipinski definition) is 4. The summed E-state index contributed by atoms with van der Waals surface area (Å²) in [7, 11) is -1.51. The molecule has 214 valence electrons. The monoisotopic (exact) mass is 603 g/mol. The minimum atomic E-state index is -4.57. The predicted octanol–water partition coefficient (Wildman–Crippen LogP) is 8.27. The van der Waals surface area contributed by atoms with E-state index >= 15 is 0 Å². The standard InChI is InChI=1S/C33H28F3NO3SSi/c1-5-27-30(32(39)40-16-17-42(2,3)4)37-28(38)20-24(18-22-12-8-11-21-10-6-7-15-26(21)22)29(31(37)41-27)23-13-9-14-25(19-23)33(34,35)36/h1,6-15,19-20H,16-18H2,2-4H3. The maximum atomic E-state index is 13.8. The molecule has 0 unspecified atom stereocenters. The molecule has 5 aromatic rings. The summed E-state index contributed by atoms with van der Waals surface area (Å²) in [5.74, 6) is 1.76. The van der Waals surface area contributed by atoms with Crippen LogP contribution < -0.4 is 5.56 Å². The zero-order valence-electron chi connectivity index (χ0n) is 23.3. The van der Waals surface area contributed by atoms with Gasteiger partial charge in [0.1, 0.15) is 9.71 Å². The summed E-state index contributed by atoms with van der Waals surface area (Å²) < 4.78 is 48.1. The van der Waals surface area contributed by atoms with E-state index in [9.17, 15) is 22.8 Å². The summed E-state index contributed by atoms with van der Waals surface area (Å²) in [5.41, 5.74) is 0.704. The van der Waals surface area contributed by atoms with Gasteiger partial charge >= 0.3 is 12.1 Å². The molecule has 0 saturated heterocycles. The Morgan fingerprint density at radius 1 is 1.00 bits per heavy atom. The molecule has 0 radical (unpaired) electrons. The summed E-state index contributed by atoms with van der Waals surface area (Å²) in [6, 6.07) is 20.7. The highest BCUT2D eigenvalue weighted by atomic mass is 32.1. The Labute approximate surface area is 246 Å². The Kier molecular flexibility index (Phi) is 7.88. The number of rotatable bonds is 7. The molecule has 5 rings (SSSR count). The molecule has 2 heterocycles. The molecule has 0 fully saturated rings. The lowest BCUT2D eigenvalue weighted by Gasteiger charge is -2.16. The third-order valence-corrected chi connectivity index (χ3v) is 9.84. The van der Waals surface area contributed by atoms with Crippen molar-refractivity contribution in [1.82, 2.24) is 4.40 Å². The van der Waals surface area contributed by atoms with Gasteiger partial charge in [0.05, 0.1) is 12.2 Å². The van der Waals surface area contributed by atoms with E-state index in [4.69, 9.17) is 11.2 Å². The molecule has 0 atom stereocenters. The van der Waals surface area contributed by atoms with Crippen molar-refractivity contribution in [2.24, 2.45) is 0 Å². The molecule has 3 aromatic carbocycles. The summed E-state index contributed by atoms with van der Waals surface area (Å²) in [4.78, 5) is 27.4. The highest BCUT2D eigenvalue weighted by Crippen LogP contribution is 2.38. The van der Waals surface area contributed by atoms with E-state index in [2.05, 4.69) is 25.6 Å². The number of carbonyl (C=O) groups excluding carboxylic acids is 1. The van der Waals surface area contributed by atoms with Gasteiger partial charge in [0, 0.05) is 19.7 Å². The smallest absolute Gasteiger partial charge is 0.416 e. The molecule has 0 saturated carbocycles. The van der Waals surface area contributed by atoms with Gasteiger partial charge < -0.3 is 4.74 Å². The van der Waals surface area contributed by atoms with Crippen LogP contribution in [0.25, 0.3) is 26.7 Å². The fraction of sp³-hybridized carbons (Fsp3) is 0.212. The normalized spacial score (nSPS) is 12.0. The Bertz CT molecular complexity index is 1920. The lowest BCUT2D eigenvalue weighted by Crippen LogP contribution is -2.24. The lowest BCUT2D eigenvalue weighted by atomic mass is 9.93. The van der Waals surface area contributed by atoms with Crippen molar-refractivity contribution in [2.75, 3.05) is 6.61 Å². The Morgan fingerprint density at radius 3 is 2.43 bits per heavy atom. The van der Waals surface area contributed by atoms with Crippen LogP contribution in [0.2, 0.25) is 25.7 Å². The van der Waals surface area contributed by atoms with Crippen LogP contribution in [0, 0.1) is 12.3 Å². The van der Waals surface area contributed by atoms with Crippen molar-refractivity contribution < 1.29 is 22.7 Å². The fourth-order valence-corrected chi connectivity index (χ4v) is 6.80. The van der Waals surface area contributed by atoms with Crippen LogP contribution in [0.5, 0.6) is 0 Å². The minimum Gasteiger partial charge on any atom is -0.461 e. The van der Waals surface area contributed by atoms with E-state index in [1.165, 1.54) is 16.5 Å². The summed E-state index contributed by atoms with van der Waals surface area (Å²) in [6.45, 7) is 6.63. The SMILES string of the molecule is C#Cc1sc2c(-c3cccc(C(F)(F)F)c3)c(Cc3cccc4ccccc34)cc(=O)n2c1C(=O)OCC[Si](C)(C)C. The highest BCUT2D eigenvalue weighted by molar-refractivity contribution is 7.18. The third-order valence-electron chi connectivity index (χ3n) is 7.04. The summed E-state index contributed by atoms with van der Waals surface area (Å²) >= 11 is 1.02. The van der Waals surface area contributed by atoms with Crippen molar-refractivity contribution >= 4 is 41.0 Å². The van der Waals surface area contributed by atoms with E-state index in [1.807, 2.05) is 42.5 Å². The first-order valence-electron chi connectivity index (χ1n) is 13.4. The van der Waals surface area contributed by atoms with Gasteiger partial charge in [0.2, 0.25) is 0 Å². The van der Waals surface area contributed by atoms with Gasteiger partial charge in [-0.2, -0.15) is 13.2 Å². The minimum absolute atomic E-state index is 0.0805. The number of thiazole rings is 1. The van der Waals surface area contributed by atoms with Gasteiger partial charge in [0.25, 0.3) is 5.56 Å². The maximum absolute atomic E-state index is 13.8. The van der Waals surface area contributed by atoms with Crippen LogP contribution in [-0.2, 0) is 17.3 Å². The average molecular weight is 604 g/mol. The van der Waals surface area contributed by atoms with E-state index in [0.29, 0.717) is 16.0 Å². The van der Waals surface area contributed by atoms with E-state index in [-0.39, 0.29) is 29.2 Å². The molecule has 0 spiro atoms. The number of halogens is 3. The van der Waals surface area contributed by atoms with Crippen LogP contribution in [0.15, 0.2) is 77.6 Å². The quantitative estimate of drug-likeness (QED) is 0.107. The van der Waals surface area contributed by atoms with E-state index in [0.717, 1.165) is 45.8 Å². The Hall–Kier alpha value is -4.13. The highest BCUT2D eigenvalue weighted by Gasteiger charge is 2.31. The van der Waals surface area contributed by atoms with Crippen LogP contribution in [0.4, 0.5) is 13.2 Å². The van der Waals surface area contributed by atoms with Crippen molar-refractivity contribution in [1.29, 1.82) is 0 Å². The number of benzene rings is 3. The second-order valence-electron chi connectivity index (χ2n) is 11.3. The van der Waals surface area contributed by atoms with E-state index in [1.54, 1.807) is 6.07 Å². The van der Waals surface area contributed by atoms with Crippen LogP contribution in [-0.4, -0.2) is 25.1 Å². The number of terminal acetylenes is 1. The first kappa shape index (κ1) is 29.4. The number of carbonyl (C=O) groups is 1. The summed E-state index contributed by atoms with van der Waals surface area (Å²) in [6.07, 6.45) is 1.50. The number of hydrogen-bond donors (Lipinski definition) is 0. The van der Waals surface area contributed by atoms with Crippen LogP contribution >= 0.6 is 11.3 Å². The van der Waals surface area contributed by atoms with Crippen molar-refractivity contribution in [3.8, 4) is 23.5 Å². The Balaban J connectivity index is 1.75. The molecule has 0 aliphatic heterocycles. The van der Waals surface area contributed by atoms with Gasteiger partial charge in [-0.1, -0.05) is 80.2 Å². The van der Waals surface area contributed by atoms with E-state index < -0.39 is 31.3 Å². The third kappa shape index (κ3) is 5.91. The number of nitrogens with zero attached hydrogens (tertiary/aromatic N) is 1. The number of ether oxygens (including phenoxy) is 1. The number of alkyl halides is 3. The van der Waals surface area contributed by atoms with Crippen LogP contribution in [0.1, 0.15) is 32.1 Å². The molecule has 42 heavy (non-hydrogen) atoms. The predicted molar refractivity (Wildman–Crippen MR) is 165 cm³/mol. The topological polar surface area (TPSA) is 47.8 Å². The molecule has 0 N–H and O–H groups in total. The zero-order chi connectivity index (χ0) is 30.2. The van der Waals surface area contributed by atoms with Crippen LogP contribution in [0.3, 0.4) is 0 Å². The summed E-state index contributed by atoms with van der Waals surface area (Å²) in [5, 5.41) is 1.97. The molecule has 4 nitrogen and oxygen atoms in total. The molecular weight excluding hydrogens is 576 g/mol. The first-order chi connectivity index (χ1) is 19.9. The second kappa shape index (κ2) is 11.3. The molecule has 2 aromatic heterocycles. The molecule has 0 aliphatic rings.